The summed E-state index contributed by atoms with van der Waals surface area (Å²) in [5, 5.41) is 3.09. The summed E-state index contributed by atoms with van der Waals surface area (Å²) in [5.74, 6) is 1.73. The Morgan fingerprint density at radius 1 is 0.821 bits per heavy atom. The van der Waals surface area contributed by atoms with Crippen LogP contribution in [0.3, 0.4) is 0 Å². The number of benzene rings is 4. The lowest BCUT2D eigenvalue weighted by atomic mass is 9.75. The van der Waals surface area contributed by atoms with Gasteiger partial charge in [0.15, 0.2) is 11.5 Å². The number of amides is 2. The third kappa shape index (κ3) is 4.46. The summed E-state index contributed by atoms with van der Waals surface area (Å²) in [5.41, 5.74) is 3.86. The van der Waals surface area contributed by atoms with Crippen LogP contribution in [0, 0.1) is 0 Å². The largest absolute Gasteiger partial charge is 0.493 e. The van der Waals surface area contributed by atoms with Crippen molar-refractivity contribution in [2.45, 2.75) is 18.4 Å². The molecule has 1 N–H and O–H groups in total. The number of nitrogens with one attached hydrogen (secondary N) is 1. The van der Waals surface area contributed by atoms with Crippen LogP contribution in [0.1, 0.15) is 39.0 Å². The number of nitrogens with zero attached hydrogens (tertiary/aromatic N) is 1. The van der Waals surface area contributed by atoms with E-state index in [4.69, 9.17) is 14.2 Å². The van der Waals surface area contributed by atoms with Crippen LogP contribution in [-0.4, -0.2) is 37.5 Å². The van der Waals surface area contributed by atoms with Gasteiger partial charge in [-0.1, -0.05) is 36.4 Å². The molecule has 0 bridgehead atoms. The van der Waals surface area contributed by atoms with Gasteiger partial charge in [0.05, 0.1) is 26.2 Å². The normalized spacial score (nSPS) is 17.4. The van der Waals surface area contributed by atoms with Gasteiger partial charge in [0.1, 0.15) is 11.5 Å². The topological polar surface area (TPSA) is 77.1 Å². The van der Waals surface area contributed by atoms with Crippen LogP contribution in [0.25, 0.3) is 0 Å². The number of methoxy groups -OCH3 is 2. The molecule has 2 heterocycles. The molecule has 0 saturated heterocycles. The maximum absolute atomic E-state index is 14.0. The van der Waals surface area contributed by atoms with Gasteiger partial charge in [0.25, 0.3) is 5.91 Å². The van der Waals surface area contributed by atoms with Crippen LogP contribution in [0.2, 0.25) is 0 Å². The number of fused-ring (bicyclic) bond motifs is 4. The average molecular weight is 521 g/mol. The van der Waals surface area contributed by atoms with Crippen molar-refractivity contribution in [3.05, 3.63) is 113 Å². The lowest BCUT2D eigenvalue weighted by molar-refractivity contribution is -0.119. The molecule has 6 rings (SSSR count). The molecule has 0 unspecified atom stereocenters. The van der Waals surface area contributed by atoms with Crippen molar-refractivity contribution in [1.29, 1.82) is 0 Å². The first-order chi connectivity index (χ1) is 19.1. The maximum Gasteiger partial charge on any atom is 0.254 e. The van der Waals surface area contributed by atoms with Crippen molar-refractivity contribution in [2.24, 2.45) is 0 Å². The fraction of sp³-hybridized carbons (Fsp3) is 0.188. The van der Waals surface area contributed by atoms with Gasteiger partial charge in [0, 0.05) is 17.8 Å². The Bertz CT molecular complexity index is 1530. The summed E-state index contributed by atoms with van der Waals surface area (Å²) >= 11 is 0. The summed E-state index contributed by atoms with van der Waals surface area (Å²) in [4.78, 5) is 29.4. The number of carbonyl (C=O) groups is 2. The summed E-state index contributed by atoms with van der Waals surface area (Å²) in [6, 6.07) is 27.6. The highest BCUT2D eigenvalue weighted by Crippen LogP contribution is 2.48. The van der Waals surface area contributed by atoms with Gasteiger partial charge in [0.2, 0.25) is 5.91 Å². The van der Waals surface area contributed by atoms with Crippen molar-refractivity contribution >= 4 is 17.5 Å². The van der Waals surface area contributed by atoms with Crippen molar-refractivity contribution in [3.63, 3.8) is 0 Å². The van der Waals surface area contributed by atoms with Gasteiger partial charge in [-0.2, -0.15) is 0 Å². The van der Waals surface area contributed by atoms with Crippen LogP contribution < -0.4 is 19.5 Å². The van der Waals surface area contributed by atoms with Crippen LogP contribution >= 0.6 is 0 Å². The molecule has 196 valence electrons. The third-order valence-corrected chi connectivity index (χ3v) is 7.41. The van der Waals surface area contributed by atoms with Gasteiger partial charge >= 0.3 is 0 Å². The SMILES string of the molecule is COc1cc2c(cc1OC)[C@@H]1[C@@H](C(=O)Nc3ccc(Oc4ccccc4)cc3)c3ccccc3C(=O)N1CC2. The second-order valence-corrected chi connectivity index (χ2v) is 9.59. The average Bonchev–Trinajstić information content (AvgIpc) is 2.98. The lowest BCUT2D eigenvalue weighted by Gasteiger charge is -2.45. The zero-order valence-electron chi connectivity index (χ0n) is 21.7. The Hall–Kier alpha value is -4.78. The van der Waals surface area contributed by atoms with Gasteiger partial charge in [-0.3, -0.25) is 9.59 Å². The standard InChI is InChI=1S/C32H28N2O5/c1-37-27-18-20-16-17-34-30(26(20)19-28(27)38-2)29(24-10-6-7-11-25(24)32(34)36)31(35)33-21-12-14-23(15-13-21)39-22-8-4-3-5-9-22/h3-15,18-19,29-30H,16-17H2,1-2H3,(H,33,35)/t29-,30+/m0/s1. The van der Waals surface area contributed by atoms with Crippen molar-refractivity contribution in [1.82, 2.24) is 4.90 Å². The number of anilines is 1. The number of para-hydroxylation sites is 1. The van der Waals surface area contributed by atoms with Crippen molar-refractivity contribution < 1.29 is 23.8 Å². The molecule has 0 spiro atoms. The van der Waals surface area contributed by atoms with Gasteiger partial charge < -0.3 is 24.4 Å². The second kappa shape index (κ2) is 10.2. The minimum Gasteiger partial charge on any atom is -0.493 e. The first kappa shape index (κ1) is 24.6. The van der Waals surface area contributed by atoms with Crippen LogP contribution in [0.5, 0.6) is 23.0 Å². The Morgan fingerprint density at radius 2 is 1.49 bits per heavy atom. The lowest BCUT2D eigenvalue weighted by Crippen LogP contribution is -2.49. The monoisotopic (exact) mass is 520 g/mol. The molecule has 0 aromatic heterocycles. The number of hydrogen-bond acceptors (Lipinski definition) is 5. The van der Waals surface area contributed by atoms with Crippen LogP contribution in [0.4, 0.5) is 5.69 Å². The molecule has 4 aromatic rings. The smallest absolute Gasteiger partial charge is 0.254 e. The van der Waals surface area contributed by atoms with Gasteiger partial charge in [-0.25, -0.2) is 0 Å². The molecule has 2 aliphatic rings. The predicted molar refractivity (Wildman–Crippen MR) is 148 cm³/mol. The molecule has 0 fully saturated rings. The van der Waals surface area contributed by atoms with E-state index < -0.39 is 12.0 Å². The molecule has 4 aromatic carbocycles. The molecule has 0 aliphatic carbocycles. The van der Waals surface area contributed by atoms with Gasteiger partial charge in [-0.05, 0) is 77.7 Å². The zero-order valence-corrected chi connectivity index (χ0v) is 21.7. The van der Waals surface area contributed by atoms with E-state index in [9.17, 15) is 9.59 Å². The fourth-order valence-electron chi connectivity index (χ4n) is 5.59. The number of rotatable bonds is 6. The molecule has 0 radical (unpaired) electrons. The minimum absolute atomic E-state index is 0.0671. The molecule has 2 aliphatic heterocycles. The van der Waals surface area contributed by atoms with E-state index in [0.29, 0.717) is 47.0 Å². The first-order valence-corrected chi connectivity index (χ1v) is 12.9. The number of hydrogen-bond donors (Lipinski definition) is 1. The summed E-state index contributed by atoms with van der Waals surface area (Å²) in [6.07, 6.45) is 0.664. The first-order valence-electron chi connectivity index (χ1n) is 12.9. The quantitative estimate of drug-likeness (QED) is 0.339. The molecular weight excluding hydrogens is 492 g/mol. The van der Waals surface area contributed by atoms with E-state index in [0.717, 1.165) is 16.9 Å². The highest BCUT2D eigenvalue weighted by atomic mass is 16.5. The molecule has 2 amide bonds. The van der Waals surface area contributed by atoms with E-state index >= 15 is 0 Å². The number of carbonyl (C=O) groups excluding carboxylic acids is 2. The third-order valence-electron chi connectivity index (χ3n) is 7.41. The summed E-state index contributed by atoms with van der Waals surface area (Å²) in [6.45, 7) is 0.510. The fourth-order valence-corrected chi connectivity index (χ4v) is 5.59. The Labute approximate surface area is 226 Å². The Morgan fingerprint density at radius 3 is 2.23 bits per heavy atom. The highest BCUT2D eigenvalue weighted by Gasteiger charge is 2.46. The number of ether oxygens (including phenoxy) is 3. The molecule has 7 nitrogen and oxygen atoms in total. The molecule has 7 heteroatoms. The van der Waals surface area contributed by atoms with Gasteiger partial charge in [-0.15, -0.1) is 0 Å². The maximum atomic E-state index is 14.0. The van der Waals surface area contributed by atoms with E-state index in [1.54, 1.807) is 20.3 Å². The van der Waals surface area contributed by atoms with E-state index in [1.165, 1.54) is 0 Å². The van der Waals surface area contributed by atoms with Crippen LogP contribution in [-0.2, 0) is 11.2 Å². The van der Waals surface area contributed by atoms with E-state index in [2.05, 4.69) is 5.32 Å². The van der Waals surface area contributed by atoms with E-state index in [-0.39, 0.29) is 11.8 Å². The Balaban J connectivity index is 1.35. The second-order valence-electron chi connectivity index (χ2n) is 9.59. The molecule has 39 heavy (non-hydrogen) atoms. The molecular formula is C32H28N2O5. The van der Waals surface area contributed by atoms with Crippen molar-refractivity contribution in [3.8, 4) is 23.0 Å². The van der Waals surface area contributed by atoms with Crippen LogP contribution in [0.15, 0.2) is 91.0 Å². The Kier molecular flexibility index (Phi) is 6.40. The molecule has 2 atom stereocenters. The highest BCUT2D eigenvalue weighted by molar-refractivity contribution is 6.04. The summed E-state index contributed by atoms with van der Waals surface area (Å²) < 4.78 is 17.0. The summed E-state index contributed by atoms with van der Waals surface area (Å²) in [7, 11) is 3.19. The zero-order chi connectivity index (χ0) is 26.9. The van der Waals surface area contributed by atoms with Crippen molar-refractivity contribution in [2.75, 3.05) is 26.1 Å². The molecule has 0 saturated carbocycles. The minimum atomic E-state index is -0.615. The predicted octanol–water partition coefficient (Wildman–Crippen LogP) is 5.97. The van der Waals surface area contributed by atoms with E-state index in [1.807, 2.05) is 89.8 Å².